The number of piperidine rings is 2. The lowest BCUT2D eigenvalue weighted by atomic mass is 9.99. The number of hydrogen-bond donors (Lipinski definition) is 1. The minimum atomic E-state index is 0.317. The Morgan fingerprint density at radius 2 is 2.21 bits per heavy atom. The highest BCUT2D eigenvalue weighted by Crippen LogP contribution is 2.16. The number of rotatable bonds is 4. The Morgan fingerprint density at radius 1 is 1.37 bits per heavy atom. The zero-order chi connectivity index (χ0) is 13.7. The molecule has 0 radical (unpaired) electrons. The predicted octanol–water partition coefficient (Wildman–Crippen LogP) is 1.18. The molecule has 2 saturated heterocycles. The highest BCUT2D eigenvalue weighted by Gasteiger charge is 2.22. The van der Waals surface area contributed by atoms with Gasteiger partial charge in [0.2, 0.25) is 5.91 Å². The van der Waals surface area contributed by atoms with E-state index in [4.69, 9.17) is 0 Å². The van der Waals surface area contributed by atoms with Crippen molar-refractivity contribution >= 4 is 5.91 Å². The maximum atomic E-state index is 12.3. The Labute approximate surface area is 117 Å². The number of carbonyl (C=O) groups excluding carboxylic acids is 1. The second-order valence-corrected chi connectivity index (χ2v) is 6.50. The van der Waals surface area contributed by atoms with Crippen LogP contribution in [0.4, 0.5) is 0 Å². The molecule has 0 spiro atoms. The fourth-order valence-corrected chi connectivity index (χ4v) is 3.33. The average Bonchev–Trinajstić information content (AvgIpc) is 2.39. The summed E-state index contributed by atoms with van der Waals surface area (Å²) in [7, 11) is 2.08. The molecule has 1 N–H and O–H groups in total. The van der Waals surface area contributed by atoms with Gasteiger partial charge >= 0.3 is 0 Å². The molecule has 2 heterocycles. The van der Waals surface area contributed by atoms with Crippen LogP contribution in [0.2, 0.25) is 0 Å². The van der Waals surface area contributed by atoms with Crippen molar-refractivity contribution in [3.63, 3.8) is 0 Å². The molecule has 19 heavy (non-hydrogen) atoms. The van der Waals surface area contributed by atoms with Gasteiger partial charge in [-0.1, -0.05) is 6.92 Å². The summed E-state index contributed by atoms with van der Waals surface area (Å²) in [5, 5.41) is 3.44. The molecule has 0 aromatic heterocycles. The lowest BCUT2D eigenvalue weighted by Crippen LogP contribution is -2.45. The van der Waals surface area contributed by atoms with Gasteiger partial charge in [-0.3, -0.25) is 9.69 Å². The molecule has 2 aliphatic heterocycles. The number of nitrogens with one attached hydrogen (secondary N) is 1. The van der Waals surface area contributed by atoms with Crippen molar-refractivity contribution in [2.75, 3.05) is 46.3 Å². The lowest BCUT2D eigenvalue weighted by Gasteiger charge is -2.33. The molecule has 2 fully saturated rings. The molecule has 0 aromatic rings. The molecular weight excluding hydrogens is 238 g/mol. The van der Waals surface area contributed by atoms with E-state index in [1.54, 1.807) is 0 Å². The Balaban J connectivity index is 1.71. The van der Waals surface area contributed by atoms with Crippen molar-refractivity contribution in [2.24, 2.45) is 11.8 Å². The quantitative estimate of drug-likeness (QED) is 0.831. The molecule has 2 aliphatic rings. The van der Waals surface area contributed by atoms with Crippen molar-refractivity contribution in [2.45, 2.75) is 32.6 Å². The Kier molecular flexibility index (Phi) is 5.64. The van der Waals surface area contributed by atoms with Crippen LogP contribution in [0.5, 0.6) is 0 Å². The summed E-state index contributed by atoms with van der Waals surface area (Å²) >= 11 is 0. The van der Waals surface area contributed by atoms with Gasteiger partial charge in [0.1, 0.15) is 0 Å². The number of carbonyl (C=O) groups is 1. The van der Waals surface area contributed by atoms with E-state index >= 15 is 0 Å². The van der Waals surface area contributed by atoms with Gasteiger partial charge in [0.25, 0.3) is 0 Å². The van der Waals surface area contributed by atoms with Crippen LogP contribution >= 0.6 is 0 Å². The Morgan fingerprint density at radius 3 is 2.89 bits per heavy atom. The molecule has 0 aliphatic carbocycles. The highest BCUT2D eigenvalue weighted by atomic mass is 16.2. The second kappa shape index (κ2) is 7.25. The van der Waals surface area contributed by atoms with Crippen LogP contribution in [-0.4, -0.2) is 62.0 Å². The summed E-state index contributed by atoms with van der Waals surface area (Å²) in [6.07, 6.45) is 5.01. The number of likely N-dealkylation sites (tertiary alicyclic amines) is 1. The minimum Gasteiger partial charge on any atom is -0.341 e. The van der Waals surface area contributed by atoms with Gasteiger partial charge in [-0.15, -0.1) is 0 Å². The topological polar surface area (TPSA) is 35.6 Å². The first-order chi connectivity index (χ1) is 9.15. The van der Waals surface area contributed by atoms with E-state index < -0.39 is 0 Å². The largest absolute Gasteiger partial charge is 0.341 e. The molecule has 2 atom stereocenters. The maximum Gasteiger partial charge on any atom is 0.236 e. The summed E-state index contributed by atoms with van der Waals surface area (Å²) in [5.74, 6) is 1.70. The molecule has 0 bridgehead atoms. The monoisotopic (exact) mass is 267 g/mol. The first-order valence-electron chi connectivity index (χ1n) is 7.82. The predicted molar refractivity (Wildman–Crippen MR) is 78.1 cm³/mol. The average molecular weight is 267 g/mol. The normalized spacial score (nSPS) is 28.7. The van der Waals surface area contributed by atoms with Crippen LogP contribution in [0.25, 0.3) is 0 Å². The molecule has 4 nitrogen and oxygen atoms in total. The molecule has 2 rings (SSSR count). The molecular formula is C15H29N3O. The molecule has 2 unspecified atom stereocenters. The Hall–Kier alpha value is -0.610. The van der Waals surface area contributed by atoms with Crippen LogP contribution in [-0.2, 0) is 4.79 Å². The third-order valence-electron chi connectivity index (χ3n) is 4.38. The van der Waals surface area contributed by atoms with E-state index in [-0.39, 0.29) is 0 Å². The van der Waals surface area contributed by atoms with Gasteiger partial charge < -0.3 is 10.2 Å². The maximum absolute atomic E-state index is 12.3. The van der Waals surface area contributed by atoms with Crippen LogP contribution in [0.1, 0.15) is 32.6 Å². The van der Waals surface area contributed by atoms with Crippen LogP contribution < -0.4 is 5.32 Å². The fourth-order valence-electron chi connectivity index (χ4n) is 3.33. The SMILES string of the molecule is CC1CCCN(C(=O)CN(C)CC2CCCNC2)C1. The van der Waals surface area contributed by atoms with Gasteiger partial charge in [-0.05, 0) is 57.7 Å². The van der Waals surface area contributed by atoms with Crippen molar-refractivity contribution in [3.05, 3.63) is 0 Å². The number of likely N-dealkylation sites (N-methyl/N-ethyl adjacent to an activating group) is 1. The van der Waals surface area contributed by atoms with Crippen LogP contribution in [0.15, 0.2) is 0 Å². The van der Waals surface area contributed by atoms with Gasteiger partial charge in [-0.2, -0.15) is 0 Å². The number of hydrogen-bond acceptors (Lipinski definition) is 3. The van der Waals surface area contributed by atoms with Crippen LogP contribution in [0.3, 0.4) is 0 Å². The van der Waals surface area contributed by atoms with Crippen LogP contribution in [0, 0.1) is 11.8 Å². The zero-order valence-corrected chi connectivity index (χ0v) is 12.5. The van der Waals surface area contributed by atoms with Crippen molar-refractivity contribution in [1.29, 1.82) is 0 Å². The van der Waals surface area contributed by atoms with E-state index in [0.29, 0.717) is 24.3 Å². The van der Waals surface area contributed by atoms with E-state index in [1.165, 1.54) is 25.7 Å². The minimum absolute atomic E-state index is 0.317. The van der Waals surface area contributed by atoms with Crippen molar-refractivity contribution in [3.8, 4) is 0 Å². The van der Waals surface area contributed by atoms with Gasteiger partial charge in [0.15, 0.2) is 0 Å². The number of amides is 1. The highest BCUT2D eigenvalue weighted by molar-refractivity contribution is 5.78. The van der Waals surface area contributed by atoms with E-state index in [1.807, 2.05) is 0 Å². The second-order valence-electron chi connectivity index (χ2n) is 6.50. The summed E-state index contributed by atoms with van der Waals surface area (Å²) in [6.45, 7) is 8.06. The first-order valence-corrected chi connectivity index (χ1v) is 7.82. The van der Waals surface area contributed by atoms with Gasteiger partial charge in [-0.25, -0.2) is 0 Å². The third-order valence-corrected chi connectivity index (χ3v) is 4.38. The summed E-state index contributed by atoms with van der Waals surface area (Å²) in [4.78, 5) is 16.5. The van der Waals surface area contributed by atoms with E-state index in [2.05, 4.69) is 29.1 Å². The molecule has 1 amide bonds. The number of nitrogens with zero attached hydrogens (tertiary/aromatic N) is 2. The summed E-state index contributed by atoms with van der Waals surface area (Å²) < 4.78 is 0. The standard InChI is InChI=1S/C15H29N3O/c1-13-5-4-8-18(10-13)15(19)12-17(2)11-14-6-3-7-16-9-14/h13-14,16H,3-12H2,1-2H3. The van der Waals surface area contributed by atoms with E-state index in [9.17, 15) is 4.79 Å². The fraction of sp³-hybridized carbons (Fsp3) is 0.933. The van der Waals surface area contributed by atoms with Crippen molar-refractivity contribution < 1.29 is 4.79 Å². The summed E-state index contributed by atoms with van der Waals surface area (Å²) in [6, 6.07) is 0. The lowest BCUT2D eigenvalue weighted by molar-refractivity contribution is -0.133. The smallest absolute Gasteiger partial charge is 0.236 e. The third kappa shape index (κ3) is 4.77. The van der Waals surface area contributed by atoms with Gasteiger partial charge in [0.05, 0.1) is 6.54 Å². The first kappa shape index (κ1) is 14.8. The Bertz CT molecular complexity index is 289. The van der Waals surface area contributed by atoms with Gasteiger partial charge in [0, 0.05) is 19.6 Å². The van der Waals surface area contributed by atoms with Crippen molar-refractivity contribution in [1.82, 2.24) is 15.1 Å². The summed E-state index contributed by atoms with van der Waals surface area (Å²) in [5.41, 5.74) is 0. The molecule has 4 heteroatoms. The molecule has 0 saturated carbocycles. The molecule has 110 valence electrons. The zero-order valence-electron chi connectivity index (χ0n) is 12.5. The van der Waals surface area contributed by atoms with E-state index in [0.717, 1.165) is 32.7 Å². The molecule has 0 aromatic carbocycles.